The van der Waals surface area contributed by atoms with Crippen molar-refractivity contribution in [2.75, 3.05) is 6.61 Å². The summed E-state index contributed by atoms with van der Waals surface area (Å²) < 4.78 is 0. The number of unbranched alkanes of at least 4 members (excludes halogenated alkanes) is 1. The van der Waals surface area contributed by atoms with Gasteiger partial charge in [-0.1, -0.05) is 33.6 Å². The van der Waals surface area contributed by atoms with Crippen LogP contribution in [-0.4, -0.2) is 22.4 Å². The first kappa shape index (κ1) is 20.2. The highest BCUT2D eigenvalue weighted by Crippen LogP contribution is 2.65. The lowest BCUT2D eigenvalue weighted by Crippen LogP contribution is -2.51. The lowest BCUT2D eigenvalue weighted by Gasteiger charge is -2.57. The highest BCUT2D eigenvalue weighted by Gasteiger charge is 2.58. The summed E-state index contributed by atoms with van der Waals surface area (Å²) in [7, 11) is 0. The minimum Gasteiger partial charge on any atom is -0.396 e. The molecule has 4 aliphatic rings. The molecule has 2 nitrogen and oxygen atoms in total. The molecule has 0 amide bonds. The molecule has 156 valence electrons. The molecule has 0 spiro atoms. The summed E-state index contributed by atoms with van der Waals surface area (Å²) in [6.45, 7) is 7.46. The summed E-state index contributed by atoms with van der Waals surface area (Å²) in [5.41, 5.74) is 0.134. The maximum absolute atomic E-state index is 11.1. The van der Waals surface area contributed by atoms with E-state index in [0.717, 1.165) is 54.8 Å². The molecule has 4 fully saturated rings. The molecule has 2 N–H and O–H groups in total. The lowest BCUT2D eigenvalue weighted by atomic mass is 9.48. The van der Waals surface area contributed by atoms with Crippen LogP contribution in [0.2, 0.25) is 0 Å². The molecular formula is C25H44O2. The number of aliphatic hydroxyl groups excluding tert-OH is 1. The standard InChI is InChI=1S/C25H44O2/c1-4-5-12-25(27)14-11-19-18(15-25)6-7-21-20(19)10-13-24(3)22(17(2)16-26)8-9-23(21)24/h17-23,26-27H,4-16H2,1-3H3/t17?,18-,19+,20-,21-,22-,23+,24-,25-/m1/s1. The molecule has 0 aromatic heterocycles. The Hall–Kier alpha value is -0.0800. The van der Waals surface area contributed by atoms with Crippen LogP contribution in [0.25, 0.3) is 0 Å². The molecule has 0 radical (unpaired) electrons. The highest BCUT2D eigenvalue weighted by atomic mass is 16.3. The zero-order valence-corrected chi connectivity index (χ0v) is 18.1. The van der Waals surface area contributed by atoms with Crippen molar-refractivity contribution in [1.82, 2.24) is 0 Å². The van der Waals surface area contributed by atoms with Crippen molar-refractivity contribution < 1.29 is 10.2 Å². The molecule has 0 aromatic rings. The second-order valence-electron chi connectivity index (χ2n) is 11.4. The van der Waals surface area contributed by atoms with Gasteiger partial charge in [-0.25, -0.2) is 0 Å². The summed E-state index contributed by atoms with van der Waals surface area (Å²) >= 11 is 0. The van der Waals surface area contributed by atoms with E-state index in [1.54, 1.807) is 0 Å². The third-order valence-electron chi connectivity index (χ3n) is 10.1. The van der Waals surface area contributed by atoms with Gasteiger partial charge in [0.2, 0.25) is 0 Å². The SMILES string of the molecule is CCCC[C@@]1(O)CC[C@H]2[C@H](CC[C@@H]3[C@@H]2CC[C@]2(C)[C@@H](C(C)CO)CC[C@@H]32)C1. The molecule has 27 heavy (non-hydrogen) atoms. The van der Waals surface area contributed by atoms with Crippen LogP contribution in [0.15, 0.2) is 0 Å². The first-order chi connectivity index (χ1) is 12.9. The average Bonchev–Trinajstić information content (AvgIpc) is 3.02. The van der Waals surface area contributed by atoms with Gasteiger partial charge >= 0.3 is 0 Å². The fraction of sp³-hybridized carbons (Fsp3) is 1.00. The monoisotopic (exact) mass is 376 g/mol. The van der Waals surface area contributed by atoms with Gasteiger partial charge in [-0.2, -0.15) is 0 Å². The average molecular weight is 377 g/mol. The molecule has 4 saturated carbocycles. The molecular weight excluding hydrogens is 332 g/mol. The Balaban J connectivity index is 1.46. The summed E-state index contributed by atoms with van der Waals surface area (Å²) in [5, 5.41) is 20.9. The Morgan fingerprint density at radius 1 is 0.963 bits per heavy atom. The summed E-state index contributed by atoms with van der Waals surface area (Å²) in [5.74, 6) is 5.65. The van der Waals surface area contributed by atoms with Gasteiger partial charge in [-0.05, 0) is 111 Å². The van der Waals surface area contributed by atoms with E-state index >= 15 is 0 Å². The van der Waals surface area contributed by atoms with Crippen LogP contribution in [0, 0.1) is 46.8 Å². The maximum Gasteiger partial charge on any atom is 0.0650 e. The van der Waals surface area contributed by atoms with E-state index < -0.39 is 0 Å². The second-order valence-corrected chi connectivity index (χ2v) is 11.4. The van der Waals surface area contributed by atoms with Gasteiger partial charge in [-0.15, -0.1) is 0 Å². The fourth-order valence-corrected chi connectivity index (χ4v) is 8.80. The van der Waals surface area contributed by atoms with Crippen LogP contribution >= 0.6 is 0 Å². The predicted octanol–water partition coefficient (Wildman–Crippen LogP) is 5.80. The number of aliphatic hydroxyl groups is 2. The Kier molecular flexibility index (Phi) is 5.71. The van der Waals surface area contributed by atoms with E-state index in [2.05, 4.69) is 20.8 Å². The first-order valence-corrected chi connectivity index (χ1v) is 12.2. The van der Waals surface area contributed by atoms with Crippen molar-refractivity contribution in [1.29, 1.82) is 0 Å². The largest absolute Gasteiger partial charge is 0.396 e. The van der Waals surface area contributed by atoms with Gasteiger partial charge in [0, 0.05) is 6.61 Å². The maximum atomic E-state index is 11.1. The van der Waals surface area contributed by atoms with Crippen molar-refractivity contribution >= 4 is 0 Å². The van der Waals surface area contributed by atoms with Gasteiger partial charge in [0.1, 0.15) is 0 Å². The molecule has 1 unspecified atom stereocenters. The molecule has 0 aromatic carbocycles. The van der Waals surface area contributed by atoms with Crippen molar-refractivity contribution in [2.24, 2.45) is 46.8 Å². The molecule has 0 heterocycles. The van der Waals surface area contributed by atoms with Gasteiger partial charge < -0.3 is 10.2 Å². The van der Waals surface area contributed by atoms with Gasteiger partial charge in [0.05, 0.1) is 5.60 Å². The molecule has 4 rings (SSSR count). The van der Waals surface area contributed by atoms with Gasteiger partial charge in [-0.3, -0.25) is 0 Å². The smallest absolute Gasteiger partial charge is 0.0650 e. The Labute approximate surface area is 167 Å². The first-order valence-electron chi connectivity index (χ1n) is 12.2. The van der Waals surface area contributed by atoms with Crippen LogP contribution in [0.3, 0.4) is 0 Å². The number of hydrogen-bond donors (Lipinski definition) is 2. The minimum absolute atomic E-state index is 0.345. The van der Waals surface area contributed by atoms with E-state index in [0.29, 0.717) is 17.9 Å². The summed E-state index contributed by atoms with van der Waals surface area (Å²) in [6.07, 6.45) is 15.2. The summed E-state index contributed by atoms with van der Waals surface area (Å²) in [6, 6.07) is 0. The number of rotatable bonds is 5. The Bertz CT molecular complexity index is 518. The van der Waals surface area contributed by atoms with Crippen molar-refractivity contribution in [3.05, 3.63) is 0 Å². The van der Waals surface area contributed by atoms with Crippen molar-refractivity contribution in [2.45, 2.75) is 103 Å². The quantitative estimate of drug-likeness (QED) is 0.636. The zero-order chi connectivity index (χ0) is 19.2. The van der Waals surface area contributed by atoms with Crippen LogP contribution in [-0.2, 0) is 0 Å². The van der Waals surface area contributed by atoms with E-state index in [9.17, 15) is 10.2 Å². The van der Waals surface area contributed by atoms with Crippen molar-refractivity contribution in [3.8, 4) is 0 Å². The fourth-order valence-electron chi connectivity index (χ4n) is 8.80. The number of fused-ring (bicyclic) bond motifs is 5. The molecule has 0 aliphatic heterocycles. The van der Waals surface area contributed by atoms with Crippen LogP contribution in [0.4, 0.5) is 0 Å². The van der Waals surface area contributed by atoms with E-state index in [4.69, 9.17) is 0 Å². The normalized spacial score (nSPS) is 50.6. The minimum atomic E-state index is -0.345. The van der Waals surface area contributed by atoms with Gasteiger partial charge in [0.15, 0.2) is 0 Å². The van der Waals surface area contributed by atoms with Crippen LogP contribution in [0.1, 0.15) is 97.8 Å². The Morgan fingerprint density at radius 2 is 1.74 bits per heavy atom. The van der Waals surface area contributed by atoms with E-state index in [1.807, 2.05) is 0 Å². The Morgan fingerprint density at radius 3 is 2.48 bits per heavy atom. The zero-order valence-electron chi connectivity index (χ0n) is 18.1. The van der Waals surface area contributed by atoms with Crippen LogP contribution in [0.5, 0.6) is 0 Å². The third kappa shape index (κ3) is 3.41. The molecule has 0 saturated heterocycles. The van der Waals surface area contributed by atoms with E-state index in [-0.39, 0.29) is 5.60 Å². The third-order valence-corrected chi connectivity index (χ3v) is 10.1. The molecule has 9 atom stereocenters. The van der Waals surface area contributed by atoms with Gasteiger partial charge in [0.25, 0.3) is 0 Å². The topological polar surface area (TPSA) is 40.5 Å². The summed E-state index contributed by atoms with van der Waals surface area (Å²) in [4.78, 5) is 0. The highest BCUT2D eigenvalue weighted by molar-refractivity contribution is 5.07. The molecule has 4 aliphatic carbocycles. The predicted molar refractivity (Wildman–Crippen MR) is 111 cm³/mol. The van der Waals surface area contributed by atoms with E-state index in [1.165, 1.54) is 57.8 Å². The van der Waals surface area contributed by atoms with Crippen LogP contribution < -0.4 is 0 Å². The molecule has 0 bridgehead atoms. The van der Waals surface area contributed by atoms with Crippen molar-refractivity contribution in [3.63, 3.8) is 0 Å². The second kappa shape index (κ2) is 7.63. The lowest BCUT2D eigenvalue weighted by molar-refractivity contribution is -0.111. The number of hydrogen-bond acceptors (Lipinski definition) is 2. The molecule has 2 heteroatoms.